The van der Waals surface area contributed by atoms with Gasteiger partial charge >= 0.3 is 24.0 Å². The van der Waals surface area contributed by atoms with E-state index in [-0.39, 0.29) is 5.90 Å². The second-order valence-corrected chi connectivity index (χ2v) is 8.05. The summed E-state index contributed by atoms with van der Waals surface area (Å²) in [6.45, 7) is 6.20. The topological polar surface area (TPSA) is 168 Å². The average molecular weight is 507 g/mol. The molecule has 1 saturated heterocycles. The van der Waals surface area contributed by atoms with Crippen molar-refractivity contribution in [2.75, 3.05) is 11.9 Å². The molecule has 36 heavy (non-hydrogen) atoms. The summed E-state index contributed by atoms with van der Waals surface area (Å²) in [4.78, 5) is 64.8. The predicted octanol–water partition coefficient (Wildman–Crippen LogP) is 1.51. The fourth-order valence-electron chi connectivity index (χ4n) is 3.12. The fraction of sp³-hybridized carbons (Fsp3) is 0.478. The van der Waals surface area contributed by atoms with Crippen molar-refractivity contribution in [1.29, 1.82) is 0 Å². The van der Waals surface area contributed by atoms with Gasteiger partial charge in [-0.1, -0.05) is 32.0 Å². The number of oxime groups is 1. The summed E-state index contributed by atoms with van der Waals surface area (Å²) < 4.78 is 21.4. The summed E-state index contributed by atoms with van der Waals surface area (Å²) in [6, 6.07) is 7.07. The van der Waals surface area contributed by atoms with Gasteiger partial charge in [-0.05, 0) is 17.3 Å². The average Bonchev–Trinajstić information content (AvgIpc) is 2.79. The molecule has 2 N–H and O–H groups in total. The molecule has 1 aliphatic heterocycles. The van der Waals surface area contributed by atoms with Crippen molar-refractivity contribution >= 4 is 41.5 Å². The smallest absolute Gasteiger partial charge is 0.437 e. The number of benzene rings is 1. The van der Waals surface area contributed by atoms with Gasteiger partial charge in [0, 0.05) is 32.4 Å². The molecule has 13 heteroatoms. The van der Waals surface area contributed by atoms with Crippen LogP contribution in [-0.2, 0) is 43.0 Å². The van der Waals surface area contributed by atoms with Crippen LogP contribution in [0.4, 0.5) is 10.5 Å². The van der Waals surface area contributed by atoms with Crippen LogP contribution in [0.5, 0.6) is 0 Å². The van der Waals surface area contributed by atoms with Gasteiger partial charge in [0.1, 0.15) is 12.6 Å². The quantitative estimate of drug-likeness (QED) is 0.228. The molecule has 1 aromatic rings. The van der Waals surface area contributed by atoms with Crippen LogP contribution in [0.25, 0.3) is 0 Å². The second-order valence-electron chi connectivity index (χ2n) is 8.05. The number of hydrogen-bond donors (Lipinski definition) is 2. The summed E-state index contributed by atoms with van der Waals surface area (Å²) in [5, 5.41) is 8.77. The maximum Gasteiger partial charge on any atom is 0.437 e. The van der Waals surface area contributed by atoms with E-state index in [0.717, 1.165) is 20.8 Å². The number of amides is 2. The molecule has 4 atom stereocenters. The Morgan fingerprint density at radius 3 is 2.11 bits per heavy atom. The standard InChI is InChI=1S/C23H29N3O10/c1-12(2)21(30)25-18-20(34-15(5)29)19(33-14(4)28)17(11-32-13(3)27)35-22(18)26-36-23(31)24-16-9-7-6-8-10-16/h6-10,12,17-20H,11H2,1-5H3,(H,24,31)(H,25,30)/b26-22-/t17?,18?,19-,20?/m1/s1. The minimum Gasteiger partial charge on any atom is -0.466 e. The van der Waals surface area contributed by atoms with E-state index in [0.29, 0.717) is 5.69 Å². The first kappa shape index (κ1) is 28.1. The molecule has 0 radical (unpaired) electrons. The Bertz CT molecular complexity index is 995. The summed E-state index contributed by atoms with van der Waals surface area (Å²) in [6.07, 6.45) is -4.86. The van der Waals surface area contributed by atoms with E-state index in [9.17, 15) is 24.0 Å². The molecule has 3 unspecified atom stereocenters. The predicted molar refractivity (Wildman–Crippen MR) is 123 cm³/mol. The van der Waals surface area contributed by atoms with E-state index in [4.69, 9.17) is 23.8 Å². The molecule has 1 fully saturated rings. The lowest BCUT2D eigenvalue weighted by Crippen LogP contribution is -2.65. The lowest BCUT2D eigenvalue weighted by Gasteiger charge is -2.41. The van der Waals surface area contributed by atoms with Gasteiger partial charge in [0.25, 0.3) is 5.90 Å². The molecule has 2 rings (SSSR count). The summed E-state index contributed by atoms with van der Waals surface area (Å²) in [5.41, 5.74) is 0.428. The van der Waals surface area contributed by atoms with Gasteiger partial charge in [0.05, 0.1) is 0 Å². The molecule has 1 heterocycles. The van der Waals surface area contributed by atoms with Crippen LogP contribution in [0, 0.1) is 5.92 Å². The molecule has 0 bridgehead atoms. The Morgan fingerprint density at radius 2 is 1.56 bits per heavy atom. The van der Waals surface area contributed by atoms with Crippen LogP contribution in [0.15, 0.2) is 35.5 Å². The van der Waals surface area contributed by atoms with E-state index in [1.165, 1.54) is 0 Å². The number of esters is 3. The Balaban J connectivity index is 2.43. The number of carbonyl (C=O) groups is 5. The van der Waals surface area contributed by atoms with Crippen molar-refractivity contribution in [3.8, 4) is 0 Å². The SMILES string of the molecule is CC(=O)OCC1O/C(=N\OC(=O)Nc2ccccc2)C(NC(=O)C(C)C)C(OC(C)=O)[C@@H]1OC(C)=O. The molecule has 196 valence electrons. The molecular formula is C23H29N3O10. The third-order valence-corrected chi connectivity index (χ3v) is 4.67. The molecule has 0 spiro atoms. The van der Waals surface area contributed by atoms with E-state index < -0.39 is 66.8 Å². The number of nitrogens with zero attached hydrogens (tertiary/aromatic N) is 1. The van der Waals surface area contributed by atoms with E-state index >= 15 is 0 Å². The van der Waals surface area contributed by atoms with Gasteiger partial charge in [-0.2, -0.15) is 0 Å². The van der Waals surface area contributed by atoms with Crippen molar-refractivity contribution in [2.45, 2.75) is 59.0 Å². The maximum atomic E-state index is 12.5. The van der Waals surface area contributed by atoms with Crippen molar-refractivity contribution in [1.82, 2.24) is 5.32 Å². The minimum atomic E-state index is -1.36. The molecule has 1 aliphatic rings. The lowest BCUT2D eigenvalue weighted by molar-refractivity contribution is -0.186. The zero-order valence-corrected chi connectivity index (χ0v) is 20.5. The Morgan fingerprint density at radius 1 is 0.944 bits per heavy atom. The normalized spacial score (nSPS) is 22.1. The third kappa shape index (κ3) is 8.56. The van der Waals surface area contributed by atoms with Gasteiger partial charge in [-0.15, -0.1) is 0 Å². The number of ether oxygens (including phenoxy) is 4. The van der Waals surface area contributed by atoms with Crippen LogP contribution >= 0.6 is 0 Å². The van der Waals surface area contributed by atoms with Crippen LogP contribution in [0.3, 0.4) is 0 Å². The summed E-state index contributed by atoms with van der Waals surface area (Å²) >= 11 is 0. The highest BCUT2D eigenvalue weighted by Gasteiger charge is 2.51. The van der Waals surface area contributed by atoms with E-state index in [1.54, 1.807) is 44.2 Å². The second kappa shape index (κ2) is 13.1. The van der Waals surface area contributed by atoms with Gasteiger partial charge < -0.3 is 24.3 Å². The van der Waals surface area contributed by atoms with E-state index in [2.05, 4.69) is 15.8 Å². The number of para-hydroxylation sites is 1. The first-order valence-corrected chi connectivity index (χ1v) is 11.0. The Hall–Kier alpha value is -4.16. The highest BCUT2D eigenvalue weighted by atomic mass is 16.7. The maximum absolute atomic E-state index is 12.5. The monoisotopic (exact) mass is 507 g/mol. The van der Waals surface area contributed by atoms with Gasteiger partial charge in [-0.25, -0.2) is 4.79 Å². The van der Waals surface area contributed by atoms with Crippen molar-refractivity contribution in [3.63, 3.8) is 0 Å². The minimum absolute atomic E-state index is 0.376. The van der Waals surface area contributed by atoms with E-state index in [1.807, 2.05) is 0 Å². The zero-order valence-electron chi connectivity index (χ0n) is 20.5. The first-order chi connectivity index (χ1) is 17.0. The number of nitrogens with one attached hydrogen (secondary N) is 2. The molecule has 2 amide bonds. The van der Waals surface area contributed by atoms with Crippen LogP contribution in [0.1, 0.15) is 34.6 Å². The van der Waals surface area contributed by atoms with Crippen molar-refractivity contribution in [3.05, 3.63) is 30.3 Å². The zero-order chi connectivity index (χ0) is 26.8. The fourth-order valence-corrected chi connectivity index (χ4v) is 3.12. The van der Waals surface area contributed by atoms with Gasteiger partial charge in [0.15, 0.2) is 18.3 Å². The molecule has 1 aromatic carbocycles. The number of anilines is 1. The third-order valence-electron chi connectivity index (χ3n) is 4.67. The summed E-state index contributed by atoms with van der Waals surface area (Å²) in [7, 11) is 0. The largest absolute Gasteiger partial charge is 0.466 e. The van der Waals surface area contributed by atoms with Crippen LogP contribution < -0.4 is 10.6 Å². The number of hydrogen-bond acceptors (Lipinski definition) is 11. The van der Waals surface area contributed by atoms with Crippen molar-refractivity contribution < 1.29 is 47.8 Å². The lowest BCUT2D eigenvalue weighted by atomic mass is 9.96. The van der Waals surface area contributed by atoms with Gasteiger partial charge in [0.2, 0.25) is 5.91 Å². The Kier molecular flexibility index (Phi) is 10.2. The van der Waals surface area contributed by atoms with Crippen LogP contribution in [-0.4, -0.2) is 66.8 Å². The summed E-state index contributed by atoms with van der Waals surface area (Å²) in [5.74, 6) is -3.53. The molecule has 0 saturated carbocycles. The molecular weight excluding hydrogens is 478 g/mol. The number of carbonyl (C=O) groups excluding carboxylic acids is 5. The Labute approximate surface area is 207 Å². The number of rotatable bonds is 8. The molecule has 0 aromatic heterocycles. The van der Waals surface area contributed by atoms with Gasteiger partial charge in [-0.3, -0.25) is 29.3 Å². The highest BCUT2D eigenvalue weighted by molar-refractivity contribution is 5.91. The molecule has 0 aliphatic carbocycles. The van der Waals surface area contributed by atoms with Crippen LogP contribution in [0.2, 0.25) is 0 Å². The molecule has 13 nitrogen and oxygen atoms in total. The first-order valence-electron chi connectivity index (χ1n) is 11.0. The highest BCUT2D eigenvalue weighted by Crippen LogP contribution is 2.25. The van der Waals surface area contributed by atoms with Crippen molar-refractivity contribution in [2.24, 2.45) is 11.1 Å².